The topological polar surface area (TPSA) is 94.1 Å². The van der Waals surface area contributed by atoms with E-state index in [9.17, 15) is 14.3 Å². The number of allylic oxidation sites excluding steroid dienone is 16. The van der Waals surface area contributed by atoms with Gasteiger partial charge in [0, 0.05) is 13.0 Å². The average Bonchev–Trinajstić information content (AvgIpc) is 3.29. The van der Waals surface area contributed by atoms with Gasteiger partial charge < -0.3 is 27.9 Å². The Balaban J connectivity index is 4.19. The molecule has 0 aliphatic rings. The highest BCUT2D eigenvalue weighted by atomic mass is 31.2. The third-order valence-corrected chi connectivity index (χ3v) is 12.1. The van der Waals surface area contributed by atoms with Crippen molar-refractivity contribution >= 4 is 13.8 Å². The zero-order valence-corrected chi connectivity index (χ0v) is 44.7. The molecule has 2 unspecified atom stereocenters. The zero-order valence-electron chi connectivity index (χ0n) is 43.8. The number of rotatable bonds is 49. The fourth-order valence-electron chi connectivity index (χ4n) is 6.99. The molecule has 0 heterocycles. The van der Waals surface area contributed by atoms with E-state index in [2.05, 4.69) is 111 Å². The lowest BCUT2D eigenvalue weighted by atomic mass is 10.1. The van der Waals surface area contributed by atoms with E-state index in [0.29, 0.717) is 24.1 Å². The average molecular weight is 956 g/mol. The first-order chi connectivity index (χ1) is 32.6. The van der Waals surface area contributed by atoms with Gasteiger partial charge in [-0.2, -0.15) is 0 Å². The second-order valence-corrected chi connectivity index (χ2v) is 20.3. The van der Waals surface area contributed by atoms with E-state index >= 15 is 0 Å². The molecule has 0 saturated heterocycles. The molecule has 0 aliphatic heterocycles. The molecule has 9 heteroatoms. The largest absolute Gasteiger partial charge is 0.756 e. The highest BCUT2D eigenvalue weighted by molar-refractivity contribution is 7.45. The van der Waals surface area contributed by atoms with Gasteiger partial charge >= 0.3 is 5.97 Å². The Hall–Kier alpha value is -2.58. The lowest BCUT2D eigenvalue weighted by Gasteiger charge is -2.28. The van der Waals surface area contributed by atoms with Crippen molar-refractivity contribution in [1.29, 1.82) is 0 Å². The number of nitrogens with zero attached hydrogens (tertiary/aromatic N) is 1. The van der Waals surface area contributed by atoms with Crippen LogP contribution in [-0.2, 0) is 27.9 Å². The Kier molecular flexibility index (Phi) is 47.9. The van der Waals surface area contributed by atoms with E-state index in [1.165, 1.54) is 96.3 Å². The number of hydrogen-bond acceptors (Lipinski definition) is 7. The molecule has 0 N–H and O–H groups in total. The summed E-state index contributed by atoms with van der Waals surface area (Å²) < 4.78 is 34.8. The SMILES string of the molecule is CC/C=C\C/C=C\C/C=C\C/C=C\C/C=C\C/C=C\CCCCCCCCC(=O)OC(COCCCCCCCCCCCC/C=C\C/C=C\CCCCC)COP(=O)([O-])OCC[N+](C)(C)C. The van der Waals surface area contributed by atoms with Crippen LogP contribution in [0.3, 0.4) is 0 Å². The molecule has 0 aliphatic carbocycles. The van der Waals surface area contributed by atoms with E-state index in [-0.39, 0.29) is 25.8 Å². The third-order valence-electron chi connectivity index (χ3n) is 11.1. The van der Waals surface area contributed by atoms with Gasteiger partial charge in [0.15, 0.2) is 0 Å². The summed E-state index contributed by atoms with van der Waals surface area (Å²) in [6, 6.07) is 0. The molecular weight excluding hydrogens is 854 g/mol. The van der Waals surface area contributed by atoms with Crippen LogP contribution in [0.4, 0.5) is 0 Å². The van der Waals surface area contributed by atoms with E-state index in [4.69, 9.17) is 18.5 Å². The van der Waals surface area contributed by atoms with Crippen molar-refractivity contribution < 1.29 is 37.3 Å². The van der Waals surface area contributed by atoms with Crippen LogP contribution in [0.5, 0.6) is 0 Å². The fraction of sp³-hybridized carbons (Fsp3) is 0.707. The predicted molar refractivity (Wildman–Crippen MR) is 286 cm³/mol. The Morgan fingerprint density at radius 1 is 0.478 bits per heavy atom. The Morgan fingerprint density at radius 3 is 1.30 bits per heavy atom. The van der Waals surface area contributed by atoms with Crippen LogP contribution < -0.4 is 4.89 Å². The van der Waals surface area contributed by atoms with Gasteiger partial charge in [0.1, 0.15) is 19.3 Å². The van der Waals surface area contributed by atoms with Gasteiger partial charge in [-0.25, -0.2) is 0 Å². The molecule has 0 saturated carbocycles. The number of phosphoric acid groups is 1. The van der Waals surface area contributed by atoms with E-state index in [0.717, 1.165) is 89.9 Å². The summed E-state index contributed by atoms with van der Waals surface area (Å²) in [6.45, 7) is 5.24. The molecule has 0 rings (SSSR count). The van der Waals surface area contributed by atoms with E-state index in [1.807, 2.05) is 21.1 Å². The first kappa shape index (κ1) is 64.4. The maximum Gasteiger partial charge on any atom is 0.306 e. The number of esters is 1. The number of unbranched alkanes of at least 4 members (excludes halogenated alkanes) is 19. The number of carbonyl (C=O) groups excluding carboxylic acids is 1. The van der Waals surface area contributed by atoms with Crippen molar-refractivity contribution in [2.24, 2.45) is 0 Å². The van der Waals surface area contributed by atoms with Crippen LogP contribution in [0.25, 0.3) is 0 Å². The molecule has 0 fully saturated rings. The molecule has 67 heavy (non-hydrogen) atoms. The number of quaternary nitrogens is 1. The number of ether oxygens (including phenoxy) is 2. The van der Waals surface area contributed by atoms with Crippen LogP contribution >= 0.6 is 7.82 Å². The van der Waals surface area contributed by atoms with Crippen LogP contribution in [-0.4, -0.2) is 70.7 Å². The molecular formula is C58H102NO7P. The first-order valence-electron chi connectivity index (χ1n) is 27.0. The Labute approximate surface area is 413 Å². The molecule has 0 amide bonds. The standard InChI is InChI=1S/C58H102NO7P/c1-6-8-10-12-14-16-18-20-22-24-26-28-29-30-31-32-33-35-37-39-41-43-45-47-49-51-58(60)66-57(56-65-67(61,62)64-54-52-59(3,4)5)55-63-53-50-48-46-44-42-40-38-36-34-27-25-23-21-19-17-15-13-11-9-7-2/h8,10,14-17,20-23,26,28,30-31,33,35,57H,6-7,9,11-13,18-19,24-25,27,29,32,34,36-56H2,1-5H3/b10-8-,16-14-,17-15-,22-20-,23-21-,28-26-,31-30-,35-33-. The molecule has 0 aromatic carbocycles. The molecule has 0 bridgehead atoms. The predicted octanol–water partition coefficient (Wildman–Crippen LogP) is 16.3. The molecule has 386 valence electrons. The van der Waals surface area contributed by atoms with Crippen molar-refractivity contribution in [3.05, 3.63) is 97.2 Å². The summed E-state index contributed by atoms with van der Waals surface area (Å²) in [6.07, 6.45) is 68.6. The van der Waals surface area contributed by atoms with Crippen molar-refractivity contribution in [2.75, 3.05) is 54.1 Å². The molecule has 0 radical (unpaired) electrons. The van der Waals surface area contributed by atoms with Crippen LogP contribution in [0.1, 0.15) is 206 Å². The van der Waals surface area contributed by atoms with Crippen molar-refractivity contribution in [2.45, 2.75) is 213 Å². The minimum absolute atomic E-state index is 0.0172. The second-order valence-electron chi connectivity index (χ2n) is 18.9. The van der Waals surface area contributed by atoms with Crippen LogP contribution in [0.15, 0.2) is 97.2 Å². The smallest absolute Gasteiger partial charge is 0.306 e. The van der Waals surface area contributed by atoms with Gasteiger partial charge in [0.2, 0.25) is 0 Å². The number of likely N-dealkylation sites (N-methyl/N-ethyl adjacent to an activating group) is 1. The Morgan fingerprint density at radius 2 is 0.866 bits per heavy atom. The molecule has 0 spiro atoms. The zero-order chi connectivity index (χ0) is 49.0. The van der Waals surface area contributed by atoms with Crippen molar-refractivity contribution in [1.82, 2.24) is 0 Å². The van der Waals surface area contributed by atoms with Gasteiger partial charge in [-0.1, -0.05) is 201 Å². The summed E-state index contributed by atoms with van der Waals surface area (Å²) in [7, 11) is 1.33. The summed E-state index contributed by atoms with van der Waals surface area (Å²) in [5.74, 6) is -0.352. The highest BCUT2D eigenvalue weighted by Gasteiger charge is 2.20. The van der Waals surface area contributed by atoms with Crippen molar-refractivity contribution in [3.63, 3.8) is 0 Å². The number of carbonyl (C=O) groups is 1. The third kappa shape index (κ3) is 54.2. The molecule has 2 atom stereocenters. The quantitative estimate of drug-likeness (QED) is 0.0197. The first-order valence-corrected chi connectivity index (χ1v) is 28.4. The second kappa shape index (κ2) is 49.8. The number of hydrogen-bond donors (Lipinski definition) is 0. The summed E-state index contributed by atoms with van der Waals surface area (Å²) in [4.78, 5) is 25.2. The maximum atomic E-state index is 12.8. The highest BCUT2D eigenvalue weighted by Crippen LogP contribution is 2.38. The van der Waals surface area contributed by atoms with Gasteiger partial charge in [0.25, 0.3) is 7.82 Å². The Bertz CT molecular complexity index is 1390. The van der Waals surface area contributed by atoms with Gasteiger partial charge in [-0.15, -0.1) is 0 Å². The normalized spacial score (nSPS) is 14.3. The van der Waals surface area contributed by atoms with Crippen LogP contribution in [0, 0.1) is 0 Å². The van der Waals surface area contributed by atoms with Gasteiger partial charge in [-0.3, -0.25) is 9.36 Å². The maximum absolute atomic E-state index is 12.8. The van der Waals surface area contributed by atoms with E-state index < -0.39 is 13.9 Å². The minimum atomic E-state index is -4.54. The summed E-state index contributed by atoms with van der Waals surface area (Å²) in [5, 5.41) is 0. The molecule has 0 aromatic rings. The van der Waals surface area contributed by atoms with Gasteiger partial charge in [-0.05, 0) is 96.3 Å². The summed E-state index contributed by atoms with van der Waals surface area (Å²) >= 11 is 0. The minimum Gasteiger partial charge on any atom is -0.756 e. The molecule has 8 nitrogen and oxygen atoms in total. The lowest BCUT2D eigenvalue weighted by molar-refractivity contribution is -0.870. The summed E-state index contributed by atoms with van der Waals surface area (Å²) in [5.41, 5.74) is 0. The van der Waals surface area contributed by atoms with Gasteiger partial charge in [0.05, 0.1) is 34.4 Å². The van der Waals surface area contributed by atoms with E-state index in [1.54, 1.807) is 0 Å². The van der Waals surface area contributed by atoms with Crippen molar-refractivity contribution in [3.8, 4) is 0 Å². The fourth-order valence-corrected chi connectivity index (χ4v) is 7.72. The lowest BCUT2D eigenvalue weighted by Crippen LogP contribution is -2.37. The van der Waals surface area contributed by atoms with Crippen LogP contribution in [0.2, 0.25) is 0 Å². The number of phosphoric ester groups is 1. The molecule has 0 aromatic heterocycles. The monoisotopic (exact) mass is 956 g/mol.